The van der Waals surface area contributed by atoms with E-state index in [2.05, 4.69) is 10.1 Å². The Balaban J connectivity index is 1.93. The fourth-order valence-electron chi connectivity index (χ4n) is 2.92. The monoisotopic (exact) mass is 295 g/mol. The molecule has 0 spiro atoms. The predicted octanol–water partition coefficient (Wildman–Crippen LogP) is 2.73. The standard InChI is InChI=1S/C16H13N3O3/c1-22-13-5-4-9(7-12(13)20)10-8-17-15-14(18-21)11-3-2-6-19(11)16(10)15/h2-8,17,20-21H,1H3/b18-14+. The molecule has 4 rings (SSSR count). The first-order valence-electron chi connectivity index (χ1n) is 6.74. The summed E-state index contributed by atoms with van der Waals surface area (Å²) in [5.41, 5.74) is 4.73. The second-order valence-electron chi connectivity index (χ2n) is 5.02. The Morgan fingerprint density at radius 3 is 2.86 bits per heavy atom. The summed E-state index contributed by atoms with van der Waals surface area (Å²) < 4.78 is 7.03. The molecule has 0 unspecified atom stereocenters. The molecule has 3 heterocycles. The lowest BCUT2D eigenvalue weighted by Crippen LogP contribution is -1.98. The van der Waals surface area contributed by atoms with Crippen molar-refractivity contribution < 1.29 is 15.1 Å². The van der Waals surface area contributed by atoms with Gasteiger partial charge in [0.15, 0.2) is 17.2 Å². The van der Waals surface area contributed by atoms with Crippen molar-refractivity contribution in [3.8, 4) is 28.3 Å². The number of aromatic amines is 1. The number of phenols is 1. The molecule has 0 atom stereocenters. The van der Waals surface area contributed by atoms with E-state index in [9.17, 15) is 10.3 Å². The van der Waals surface area contributed by atoms with Crippen LogP contribution in [0.1, 0.15) is 11.4 Å². The summed E-state index contributed by atoms with van der Waals surface area (Å²) in [6.45, 7) is 0. The number of H-pyrrole nitrogens is 1. The van der Waals surface area contributed by atoms with Crippen LogP contribution in [0.2, 0.25) is 0 Å². The minimum Gasteiger partial charge on any atom is -0.504 e. The van der Waals surface area contributed by atoms with Crippen molar-refractivity contribution in [1.82, 2.24) is 9.55 Å². The highest BCUT2D eigenvalue weighted by molar-refractivity contribution is 6.17. The number of oxime groups is 1. The summed E-state index contributed by atoms with van der Waals surface area (Å²) in [7, 11) is 1.51. The third-order valence-electron chi connectivity index (χ3n) is 3.91. The van der Waals surface area contributed by atoms with Crippen LogP contribution in [0.15, 0.2) is 47.9 Å². The zero-order chi connectivity index (χ0) is 15.3. The van der Waals surface area contributed by atoms with E-state index in [0.29, 0.717) is 11.5 Å². The first-order valence-corrected chi connectivity index (χ1v) is 6.74. The van der Waals surface area contributed by atoms with Crippen LogP contribution in [0.3, 0.4) is 0 Å². The summed E-state index contributed by atoms with van der Waals surface area (Å²) in [5, 5.41) is 22.6. The molecule has 6 heteroatoms. The Hall–Kier alpha value is -3.15. The highest BCUT2D eigenvalue weighted by Crippen LogP contribution is 2.39. The van der Waals surface area contributed by atoms with Gasteiger partial charge in [0.25, 0.3) is 0 Å². The van der Waals surface area contributed by atoms with Crippen molar-refractivity contribution in [2.24, 2.45) is 5.16 Å². The summed E-state index contributed by atoms with van der Waals surface area (Å²) >= 11 is 0. The molecule has 3 aromatic rings. The number of rotatable bonds is 2. The molecule has 0 aliphatic carbocycles. The van der Waals surface area contributed by atoms with Gasteiger partial charge in [-0.3, -0.25) is 0 Å². The summed E-state index contributed by atoms with van der Waals surface area (Å²) in [4.78, 5) is 3.14. The molecule has 3 N–H and O–H groups in total. The van der Waals surface area contributed by atoms with Gasteiger partial charge < -0.3 is 24.6 Å². The Kier molecular flexibility index (Phi) is 2.53. The van der Waals surface area contributed by atoms with E-state index >= 15 is 0 Å². The molecule has 0 amide bonds. The molecule has 110 valence electrons. The SMILES string of the molecule is COc1ccc(-c2c[nH]c3c2-n2cccc2/C3=N\O)cc1O. The molecule has 0 bridgehead atoms. The number of nitrogens with zero attached hydrogens (tertiary/aromatic N) is 2. The normalized spacial score (nSPS) is 14.1. The molecule has 0 fully saturated rings. The summed E-state index contributed by atoms with van der Waals surface area (Å²) in [6, 6.07) is 9.03. The highest BCUT2D eigenvalue weighted by atomic mass is 16.5. The first-order chi connectivity index (χ1) is 10.7. The number of nitrogens with one attached hydrogen (secondary N) is 1. The molecule has 22 heavy (non-hydrogen) atoms. The zero-order valence-corrected chi connectivity index (χ0v) is 11.7. The average molecular weight is 295 g/mol. The molecule has 6 nitrogen and oxygen atoms in total. The zero-order valence-electron chi connectivity index (χ0n) is 11.7. The number of aromatic nitrogens is 2. The number of fused-ring (bicyclic) bond motifs is 3. The molecule has 0 saturated carbocycles. The van der Waals surface area contributed by atoms with E-state index in [-0.39, 0.29) is 5.75 Å². The molecular formula is C16H13N3O3. The largest absolute Gasteiger partial charge is 0.504 e. The van der Waals surface area contributed by atoms with E-state index in [4.69, 9.17) is 4.74 Å². The Morgan fingerprint density at radius 1 is 1.27 bits per heavy atom. The van der Waals surface area contributed by atoms with Crippen molar-refractivity contribution in [3.05, 3.63) is 54.1 Å². The lowest BCUT2D eigenvalue weighted by Gasteiger charge is -2.07. The molecule has 1 aliphatic rings. The molecule has 0 radical (unpaired) electrons. The fourth-order valence-corrected chi connectivity index (χ4v) is 2.92. The van der Waals surface area contributed by atoms with Crippen LogP contribution in [-0.4, -0.2) is 32.7 Å². The van der Waals surface area contributed by atoms with Gasteiger partial charge in [0.05, 0.1) is 24.2 Å². The topological polar surface area (TPSA) is 82.8 Å². The van der Waals surface area contributed by atoms with Crippen LogP contribution in [0.25, 0.3) is 16.8 Å². The van der Waals surface area contributed by atoms with E-state index in [1.54, 1.807) is 12.1 Å². The lowest BCUT2D eigenvalue weighted by molar-refractivity contribution is 0.319. The third-order valence-corrected chi connectivity index (χ3v) is 3.91. The molecule has 1 aliphatic heterocycles. The van der Waals surface area contributed by atoms with Crippen molar-refractivity contribution in [1.29, 1.82) is 0 Å². The van der Waals surface area contributed by atoms with Gasteiger partial charge in [-0.05, 0) is 29.8 Å². The fraction of sp³-hybridized carbons (Fsp3) is 0.0625. The number of hydrogen-bond acceptors (Lipinski definition) is 4. The molecular weight excluding hydrogens is 282 g/mol. The first kappa shape index (κ1) is 12.6. The second-order valence-corrected chi connectivity index (χ2v) is 5.02. The number of hydrogen-bond donors (Lipinski definition) is 3. The van der Waals surface area contributed by atoms with Gasteiger partial charge in [0.2, 0.25) is 0 Å². The van der Waals surface area contributed by atoms with Crippen molar-refractivity contribution in [2.75, 3.05) is 7.11 Å². The van der Waals surface area contributed by atoms with E-state index in [1.807, 2.05) is 35.2 Å². The number of ether oxygens (including phenoxy) is 1. The summed E-state index contributed by atoms with van der Waals surface area (Å²) in [6.07, 6.45) is 3.74. The quantitative estimate of drug-likeness (QED) is 0.393. The van der Waals surface area contributed by atoms with Gasteiger partial charge in [-0.15, -0.1) is 0 Å². The maximum Gasteiger partial charge on any atom is 0.160 e. The predicted molar refractivity (Wildman–Crippen MR) is 81.2 cm³/mol. The lowest BCUT2D eigenvalue weighted by atomic mass is 10.1. The number of aromatic hydroxyl groups is 1. The molecule has 2 aromatic heterocycles. The minimum atomic E-state index is 0.0803. The third kappa shape index (κ3) is 1.52. The van der Waals surface area contributed by atoms with Crippen molar-refractivity contribution in [2.45, 2.75) is 0 Å². The Bertz CT molecular complexity index is 905. The van der Waals surface area contributed by atoms with Crippen LogP contribution in [0.4, 0.5) is 0 Å². The number of benzene rings is 1. The molecule has 1 aromatic carbocycles. The Morgan fingerprint density at radius 2 is 2.14 bits per heavy atom. The highest BCUT2D eigenvalue weighted by Gasteiger charge is 2.29. The maximum absolute atomic E-state index is 9.99. The van der Waals surface area contributed by atoms with E-state index in [0.717, 1.165) is 28.2 Å². The van der Waals surface area contributed by atoms with Gasteiger partial charge in [0.1, 0.15) is 0 Å². The van der Waals surface area contributed by atoms with Crippen LogP contribution in [0, 0.1) is 0 Å². The number of methoxy groups -OCH3 is 1. The van der Waals surface area contributed by atoms with E-state index in [1.165, 1.54) is 7.11 Å². The Labute approximate surface area is 125 Å². The van der Waals surface area contributed by atoms with Gasteiger partial charge >= 0.3 is 0 Å². The van der Waals surface area contributed by atoms with Gasteiger partial charge in [-0.1, -0.05) is 11.2 Å². The average Bonchev–Trinajstić information content (AvgIpc) is 3.18. The smallest absolute Gasteiger partial charge is 0.160 e. The summed E-state index contributed by atoms with van der Waals surface area (Å²) in [5.74, 6) is 0.506. The van der Waals surface area contributed by atoms with E-state index < -0.39 is 0 Å². The van der Waals surface area contributed by atoms with Gasteiger partial charge in [-0.2, -0.15) is 0 Å². The molecule has 0 saturated heterocycles. The van der Waals surface area contributed by atoms with Crippen molar-refractivity contribution in [3.63, 3.8) is 0 Å². The second kappa shape index (κ2) is 4.42. The number of phenolic OH excluding ortho intramolecular Hbond substituents is 1. The van der Waals surface area contributed by atoms with Gasteiger partial charge in [0, 0.05) is 18.0 Å². The van der Waals surface area contributed by atoms with Crippen LogP contribution >= 0.6 is 0 Å². The van der Waals surface area contributed by atoms with Crippen molar-refractivity contribution >= 4 is 5.71 Å². The van der Waals surface area contributed by atoms with Gasteiger partial charge in [-0.25, -0.2) is 0 Å². The van der Waals surface area contributed by atoms with Crippen LogP contribution < -0.4 is 4.74 Å². The minimum absolute atomic E-state index is 0.0803. The maximum atomic E-state index is 9.99. The van der Waals surface area contributed by atoms with Crippen LogP contribution in [0.5, 0.6) is 11.5 Å². The van der Waals surface area contributed by atoms with Crippen LogP contribution in [-0.2, 0) is 0 Å².